The van der Waals surface area contributed by atoms with Crippen molar-refractivity contribution in [2.24, 2.45) is 10.2 Å². The molecular weight excluding hydrogens is 420 g/mol. The summed E-state index contributed by atoms with van der Waals surface area (Å²) in [5, 5.41) is 33.3. The smallest absolute Gasteiger partial charge is 0.243 e. The number of nitrogens with two attached hydrogens (primary N) is 1. The molecule has 3 N–H and O–H groups in total. The van der Waals surface area contributed by atoms with Gasteiger partial charge in [-0.05, 0) is 57.8 Å². The molecule has 3 aromatic rings. The predicted molar refractivity (Wildman–Crippen MR) is 101 cm³/mol. The molecule has 0 unspecified atom stereocenters. The first-order valence-electron chi connectivity index (χ1n) is 7.57. The lowest BCUT2D eigenvalue weighted by Crippen LogP contribution is -2.04. The maximum atomic E-state index is 9.83. The average molecular weight is 435 g/mol. The van der Waals surface area contributed by atoms with Gasteiger partial charge in [0.25, 0.3) is 0 Å². The zero-order chi connectivity index (χ0) is 19.6. The van der Waals surface area contributed by atoms with Crippen molar-refractivity contribution < 1.29 is 14.5 Å². The molecule has 11 nitrogen and oxygen atoms in total. The molecule has 0 spiro atoms. The van der Waals surface area contributed by atoms with E-state index in [1.54, 1.807) is 26.0 Å². The summed E-state index contributed by atoms with van der Waals surface area (Å²) in [5.74, 6) is 0.699. The lowest BCUT2D eigenvalue weighted by molar-refractivity contribution is 0.306. The molecule has 3 rings (SSSR count). The maximum Gasteiger partial charge on any atom is 0.243 e. The SMILES string of the molecule is COc1cc(/C=N/N=C(C)c2nnn(-c3nonc3N)c2C)cc(Br)c1O. The minimum absolute atomic E-state index is 0.0168. The van der Waals surface area contributed by atoms with Gasteiger partial charge in [-0.2, -0.15) is 14.9 Å². The second-order valence-corrected chi connectivity index (χ2v) is 6.25. The van der Waals surface area contributed by atoms with Gasteiger partial charge in [0.1, 0.15) is 5.69 Å². The molecule has 0 bridgehead atoms. The number of ether oxygens (including phenoxy) is 1. The number of phenols is 1. The molecule has 2 heterocycles. The first-order valence-corrected chi connectivity index (χ1v) is 8.36. The van der Waals surface area contributed by atoms with Gasteiger partial charge >= 0.3 is 0 Å². The number of rotatable bonds is 5. The number of nitrogen functional groups attached to an aromatic ring is 1. The van der Waals surface area contributed by atoms with Gasteiger partial charge in [0.15, 0.2) is 11.5 Å². The average Bonchev–Trinajstić information content (AvgIpc) is 3.22. The molecule has 0 aliphatic heterocycles. The number of phenolic OH excluding ortho intramolecular Hbond substituents is 1. The molecule has 1 aromatic carbocycles. The van der Waals surface area contributed by atoms with E-state index in [2.05, 4.69) is 51.4 Å². The standard InChI is InChI=1S/C15H15BrN8O3/c1-7(12-8(2)24(23-20-12)15-14(17)21-27-22-15)19-18-6-9-4-10(16)13(25)11(5-9)26-3/h4-6,25H,1-3H3,(H2,17,21)/b18-6+,19-7?. The van der Waals surface area contributed by atoms with Crippen molar-refractivity contribution in [1.82, 2.24) is 25.3 Å². The Morgan fingerprint density at radius 3 is 2.85 bits per heavy atom. The Bertz CT molecular complexity index is 1040. The molecule has 0 saturated heterocycles. The van der Waals surface area contributed by atoms with Crippen molar-refractivity contribution in [1.29, 1.82) is 0 Å². The third-order valence-corrected chi connectivity index (χ3v) is 4.22. The van der Waals surface area contributed by atoms with E-state index in [-0.39, 0.29) is 17.4 Å². The quantitative estimate of drug-likeness (QED) is 0.456. The number of methoxy groups -OCH3 is 1. The van der Waals surface area contributed by atoms with Crippen molar-refractivity contribution in [2.45, 2.75) is 13.8 Å². The summed E-state index contributed by atoms with van der Waals surface area (Å²) in [6.07, 6.45) is 1.52. The summed E-state index contributed by atoms with van der Waals surface area (Å²) < 4.78 is 11.6. The molecule has 0 atom stereocenters. The minimum atomic E-state index is 0.0168. The minimum Gasteiger partial charge on any atom is -0.503 e. The summed E-state index contributed by atoms with van der Waals surface area (Å²) in [7, 11) is 1.47. The van der Waals surface area contributed by atoms with Crippen molar-refractivity contribution in [3.05, 3.63) is 33.6 Å². The van der Waals surface area contributed by atoms with Crippen molar-refractivity contribution in [3.8, 4) is 17.3 Å². The fourth-order valence-corrected chi connectivity index (χ4v) is 2.72. The maximum absolute atomic E-state index is 9.83. The molecule has 0 fully saturated rings. The highest BCUT2D eigenvalue weighted by molar-refractivity contribution is 9.10. The van der Waals surface area contributed by atoms with Gasteiger partial charge in [0.05, 0.1) is 29.2 Å². The Morgan fingerprint density at radius 2 is 2.19 bits per heavy atom. The van der Waals surface area contributed by atoms with Crippen LogP contribution in [0.25, 0.3) is 5.82 Å². The first kappa shape index (κ1) is 18.5. The Labute approximate surface area is 161 Å². The van der Waals surface area contributed by atoms with E-state index in [0.29, 0.717) is 32.9 Å². The number of hydrogen-bond acceptors (Lipinski definition) is 10. The van der Waals surface area contributed by atoms with E-state index in [4.69, 9.17) is 10.5 Å². The molecule has 27 heavy (non-hydrogen) atoms. The monoisotopic (exact) mass is 434 g/mol. The van der Waals surface area contributed by atoms with E-state index in [0.717, 1.165) is 0 Å². The summed E-state index contributed by atoms with van der Waals surface area (Å²) in [6, 6.07) is 3.32. The number of hydrogen-bond donors (Lipinski definition) is 2. The number of halogens is 1. The van der Waals surface area contributed by atoms with Gasteiger partial charge in [-0.3, -0.25) is 0 Å². The number of aromatic nitrogens is 5. The van der Waals surface area contributed by atoms with Gasteiger partial charge in [-0.15, -0.1) is 5.10 Å². The number of nitrogens with zero attached hydrogens (tertiary/aromatic N) is 7. The van der Waals surface area contributed by atoms with Crippen LogP contribution in [0, 0.1) is 6.92 Å². The van der Waals surface area contributed by atoms with E-state index in [9.17, 15) is 5.11 Å². The molecular formula is C15H15BrN8O3. The molecule has 2 aromatic heterocycles. The van der Waals surface area contributed by atoms with Crippen LogP contribution < -0.4 is 10.5 Å². The van der Waals surface area contributed by atoms with Crippen LogP contribution in [0.4, 0.5) is 5.82 Å². The predicted octanol–water partition coefficient (Wildman–Crippen LogP) is 1.86. The van der Waals surface area contributed by atoms with Crippen LogP contribution in [0.3, 0.4) is 0 Å². The Kier molecular flexibility index (Phi) is 5.16. The van der Waals surface area contributed by atoms with Gasteiger partial charge in [-0.1, -0.05) is 5.21 Å². The second-order valence-electron chi connectivity index (χ2n) is 5.39. The third-order valence-electron chi connectivity index (χ3n) is 3.62. The fraction of sp³-hybridized carbons (Fsp3) is 0.200. The fourth-order valence-electron chi connectivity index (χ4n) is 2.26. The highest BCUT2D eigenvalue weighted by Crippen LogP contribution is 2.34. The van der Waals surface area contributed by atoms with Gasteiger partial charge in [0, 0.05) is 0 Å². The van der Waals surface area contributed by atoms with E-state index < -0.39 is 0 Å². The van der Waals surface area contributed by atoms with Crippen molar-refractivity contribution >= 4 is 33.7 Å². The van der Waals surface area contributed by atoms with Crippen molar-refractivity contribution in [2.75, 3.05) is 12.8 Å². The molecule has 140 valence electrons. The Balaban J connectivity index is 1.85. The number of benzene rings is 1. The molecule has 12 heteroatoms. The second kappa shape index (κ2) is 7.53. The zero-order valence-electron chi connectivity index (χ0n) is 14.6. The molecule has 0 amide bonds. The summed E-state index contributed by atoms with van der Waals surface area (Å²) >= 11 is 3.25. The van der Waals surface area contributed by atoms with Crippen LogP contribution in [0.1, 0.15) is 23.9 Å². The van der Waals surface area contributed by atoms with Gasteiger partial charge in [-0.25, -0.2) is 4.63 Å². The molecule has 0 saturated carbocycles. The van der Waals surface area contributed by atoms with Crippen LogP contribution in [-0.4, -0.2) is 49.4 Å². The number of aromatic hydroxyl groups is 1. The highest BCUT2D eigenvalue weighted by Gasteiger charge is 2.17. The Morgan fingerprint density at radius 1 is 1.41 bits per heavy atom. The van der Waals surface area contributed by atoms with Crippen LogP contribution >= 0.6 is 15.9 Å². The zero-order valence-corrected chi connectivity index (χ0v) is 16.2. The summed E-state index contributed by atoms with van der Waals surface area (Å²) in [4.78, 5) is 0. The van der Waals surface area contributed by atoms with Crippen LogP contribution in [-0.2, 0) is 0 Å². The van der Waals surface area contributed by atoms with Crippen molar-refractivity contribution in [3.63, 3.8) is 0 Å². The van der Waals surface area contributed by atoms with Crippen LogP contribution in [0.5, 0.6) is 11.5 Å². The highest BCUT2D eigenvalue weighted by atomic mass is 79.9. The summed E-state index contributed by atoms with van der Waals surface area (Å²) in [5.41, 5.74) is 8.09. The van der Waals surface area contributed by atoms with Gasteiger partial charge in [0.2, 0.25) is 11.6 Å². The largest absolute Gasteiger partial charge is 0.503 e. The molecule has 0 radical (unpaired) electrons. The van der Waals surface area contributed by atoms with Crippen LogP contribution in [0.15, 0.2) is 31.4 Å². The Hall–Kier alpha value is -3.28. The lowest BCUT2D eigenvalue weighted by atomic mass is 10.2. The molecule has 0 aliphatic rings. The van der Waals surface area contributed by atoms with Crippen LogP contribution in [0.2, 0.25) is 0 Å². The third kappa shape index (κ3) is 3.65. The van der Waals surface area contributed by atoms with E-state index in [1.165, 1.54) is 18.0 Å². The normalized spacial score (nSPS) is 12.1. The van der Waals surface area contributed by atoms with E-state index in [1.807, 2.05) is 0 Å². The summed E-state index contributed by atoms with van der Waals surface area (Å²) in [6.45, 7) is 3.53. The topological polar surface area (TPSA) is 150 Å². The lowest BCUT2D eigenvalue weighted by Gasteiger charge is -2.05. The van der Waals surface area contributed by atoms with Gasteiger partial charge < -0.3 is 15.6 Å². The molecule has 0 aliphatic carbocycles. The number of anilines is 1. The van der Waals surface area contributed by atoms with E-state index >= 15 is 0 Å². The first-order chi connectivity index (χ1) is 12.9.